The number of fused-ring (bicyclic) bond motifs is 1. The van der Waals surface area contributed by atoms with E-state index in [1.54, 1.807) is 0 Å². The van der Waals surface area contributed by atoms with E-state index in [9.17, 15) is 4.79 Å². The smallest absolute Gasteiger partial charge is 0.262 e. The molecule has 0 aromatic heterocycles. The third kappa shape index (κ3) is 1.55. The molecule has 4 nitrogen and oxygen atoms in total. The molecule has 86 valence electrons. The van der Waals surface area contributed by atoms with E-state index in [2.05, 4.69) is 11.4 Å². The number of carbonyl (C=O) groups is 1. The average Bonchev–Trinajstić information content (AvgIpc) is 3.01. The SMILES string of the molecule is CC1(C#N)CC1c1ccc2c(c1)NC(=O)CO2. The standard InChI is InChI=1S/C13H12N2O2/c1-13(7-14)5-9(13)8-2-3-11-10(4-8)15-12(16)6-17-11/h2-4,9H,5-6H2,1H3,(H,15,16). The highest BCUT2D eigenvalue weighted by Crippen LogP contribution is 2.59. The molecule has 4 heteroatoms. The van der Waals surface area contributed by atoms with Crippen LogP contribution in [0.25, 0.3) is 0 Å². The molecule has 0 spiro atoms. The Morgan fingerprint density at radius 3 is 3.12 bits per heavy atom. The lowest BCUT2D eigenvalue weighted by Crippen LogP contribution is -2.25. The van der Waals surface area contributed by atoms with Gasteiger partial charge < -0.3 is 10.1 Å². The van der Waals surface area contributed by atoms with E-state index in [4.69, 9.17) is 10.00 Å². The molecule has 1 N–H and O–H groups in total. The molecule has 2 aliphatic rings. The van der Waals surface area contributed by atoms with Crippen molar-refractivity contribution in [3.63, 3.8) is 0 Å². The van der Waals surface area contributed by atoms with Gasteiger partial charge in [-0.1, -0.05) is 6.07 Å². The molecule has 1 aromatic rings. The minimum absolute atomic E-state index is 0.0751. The van der Waals surface area contributed by atoms with Gasteiger partial charge in [0, 0.05) is 5.92 Å². The normalized spacial score (nSPS) is 29.6. The maximum absolute atomic E-state index is 11.2. The number of anilines is 1. The lowest BCUT2D eigenvalue weighted by atomic mass is 10.0. The Balaban J connectivity index is 1.92. The number of rotatable bonds is 1. The van der Waals surface area contributed by atoms with Gasteiger partial charge in [-0.25, -0.2) is 0 Å². The Morgan fingerprint density at radius 2 is 2.41 bits per heavy atom. The van der Waals surface area contributed by atoms with Crippen LogP contribution in [0.5, 0.6) is 5.75 Å². The third-order valence-electron chi connectivity index (χ3n) is 3.53. The number of nitrogens with zero attached hydrogens (tertiary/aromatic N) is 1. The van der Waals surface area contributed by atoms with Crippen LogP contribution < -0.4 is 10.1 Å². The fourth-order valence-corrected chi connectivity index (χ4v) is 2.29. The van der Waals surface area contributed by atoms with Crippen molar-refractivity contribution < 1.29 is 9.53 Å². The van der Waals surface area contributed by atoms with Crippen LogP contribution in [0.3, 0.4) is 0 Å². The first-order valence-corrected chi connectivity index (χ1v) is 5.60. The summed E-state index contributed by atoms with van der Waals surface area (Å²) in [6.45, 7) is 2.04. The number of hydrogen-bond donors (Lipinski definition) is 1. The van der Waals surface area contributed by atoms with Crippen LogP contribution in [-0.4, -0.2) is 12.5 Å². The molecule has 0 bridgehead atoms. The van der Waals surface area contributed by atoms with Gasteiger partial charge in [-0.3, -0.25) is 4.79 Å². The van der Waals surface area contributed by atoms with Gasteiger partial charge in [0.2, 0.25) is 0 Å². The van der Waals surface area contributed by atoms with E-state index < -0.39 is 0 Å². The summed E-state index contributed by atoms with van der Waals surface area (Å²) >= 11 is 0. The van der Waals surface area contributed by atoms with Crippen LogP contribution in [0.2, 0.25) is 0 Å². The number of amides is 1. The first kappa shape index (κ1) is 10.2. The zero-order valence-corrected chi connectivity index (χ0v) is 9.49. The fraction of sp³-hybridized carbons (Fsp3) is 0.385. The van der Waals surface area contributed by atoms with Gasteiger partial charge in [0.1, 0.15) is 5.75 Å². The Hall–Kier alpha value is -2.02. The minimum atomic E-state index is -0.242. The van der Waals surface area contributed by atoms with E-state index in [1.165, 1.54) is 0 Å². The molecule has 1 aromatic carbocycles. The molecule has 1 amide bonds. The third-order valence-corrected chi connectivity index (χ3v) is 3.53. The van der Waals surface area contributed by atoms with Gasteiger partial charge in [0.15, 0.2) is 6.61 Å². The molecular weight excluding hydrogens is 216 g/mol. The number of ether oxygens (including phenoxy) is 1. The molecular formula is C13H12N2O2. The molecule has 1 fully saturated rings. The van der Waals surface area contributed by atoms with E-state index in [0.717, 1.165) is 12.0 Å². The van der Waals surface area contributed by atoms with Crippen molar-refractivity contribution in [2.45, 2.75) is 19.3 Å². The number of nitrogens with one attached hydrogen (secondary N) is 1. The first-order chi connectivity index (χ1) is 8.12. The van der Waals surface area contributed by atoms with Gasteiger partial charge in [-0.05, 0) is 31.0 Å². The zero-order chi connectivity index (χ0) is 12.0. The van der Waals surface area contributed by atoms with Crippen LogP contribution >= 0.6 is 0 Å². The van der Waals surface area contributed by atoms with Crippen molar-refractivity contribution in [3.8, 4) is 11.8 Å². The van der Waals surface area contributed by atoms with Gasteiger partial charge in [-0.2, -0.15) is 5.26 Å². The predicted octanol–water partition coefficient (Wildman–Crippen LogP) is 2.03. The van der Waals surface area contributed by atoms with Gasteiger partial charge in [0.05, 0.1) is 17.2 Å². The Morgan fingerprint density at radius 1 is 1.59 bits per heavy atom. The average molecular weight is 228 g/mol. The van der Waals surface area contributed by atoms with Crippen LogP contribution in [-0.2, 0) is 4.79 Å². The summed E-state index contributed by atoms with van der Waals surface area (Å²) in [6, 6.07) is 8.09. The van der Waals surface area contributed by atoms with Crippen molar-refractivity contribution in [2.75, 3.05) is 11.9 Å². The second-order valence-corrected chi connectivity index (χ2v) is 4.88. The fourth-order valence-electron chi connectivity index (χ4n) is 2.29. The van der Waals surface area contributed by atoms with Gasteiger partial charge in [0.25, 0.3) is 5.91 Å². The summed E-state index contributed by atoms with van der Waals surface area (Å²) in [7, 11) is 0. The monoisotopic (exact) mass is 228 g/mol. The Labute approximate surface area is 99.2 Å². The largest absolute Gasteiger partial charge is 0.482 e. The van der Waals surface area contributed by atoms with Crippen molar-refractivity contribution >= 4 is 11.6 Å². The summed E-state index contributed by atoms with van der Waals surface area (Å²) in [5.41, 5.74) is 1.57. The number of benzene rings is 1. The van der Waals surface area contributed by atoms with Crippen molar-refractivity contribution in [1.82, 2.24) is 0 Å². The van der Waals surface area contributed by atoms with Crippen LogP contribution in [0, 0.1) is 16.7 Å². The van der Waals surface area contributed by atoms with Gasteiger partial charge in [-0.15, -0.1) is 0 Å². The predicted molar refractivity (Wildman–Crippen MR) is 61.6 cm³/mol. The molecule has 2 atom stereocenters. The van der Waals surface area contributed by atoms with E-state index in [-0.39, 0.29) is 23.8 Å². The van der Waals surface area contributed by atoms with E-state index in [1.807, 2.05) is 25.1 Å². The summed E-state index contributed by atoms with van der Waals surface area (Å²) in [4.78, 5) is 11.2. The van der Waals surface area contributed by atoms with Gasteiger partial charge >= 0.3 is 0 Å². The van der Waals surface area contributed by atoms with E-state index in [0.29, 0.717) is 11.4 Å². The highest BCUT2D eigenvalue weighted by Gasteiger charge is 2.51. The lowest BCUT2D eigenvalue weighted by molar-refractivity contribution is -0.118. The Kier molecular flexibility index (Phi) is 1.93. The molecule has 1 saturated carbocycles. The van der Waals surface area contributed by atoms with Crippen LogP contribution in [0.1, 0.15) is 24.8 Å². The topological polar surface area (TPSA) is 62.1 Å². The van der Waals surface area contributed by atoms with Crippen LogP contribution in [0.15, 0.2) is 18.2 Å². The van der Waals surface area contributed by atoms with Crippen molar-refractivity contribution in [1.29, 1.82) is 5.26 Å². The molecule has 0 saturated heterocycles. The molecule has 1 aliphatic heterocycles. The molecule has 1 heterocycles. The van der Waals surface area contributed by atoms with E-state index >= 15 is 0 Å². The minimum Gasteiger partial charge on any atom is -0.482 e. The number of nitriles is 1. The molecule has 17 heavy (non-hydrogen) atoms. The highest BCUT2D eigenvalue weighted by molar-refractivity contribution is 5.95. The Bertz CT molecular complexity index is 547. The van der Waals surface area contributed by atoms with Crippen LogP contribution in [0.4, 0.5) is 5.69 Å². The molecule has 3 rings (SSSR count). The molecule has 1 aliphatic carbocycles. The highest BCUT2D eigenvalue weighted by atomic mass is 16.5. The van der Waals surface area contributed by atoms with Crippen molar-refractivity contribution in [2.24, 2.45) is 5.41 Å². The summed E-state index contributed by atoms with van der Waals surface area (Å²) < 4.78 is 5.29. The second kappa shape index (κ2) is 3.24. The number of carbonyl (C=O) groups excluding carboxylic acids is 1. The number of hydrogen-bond acceptors (Lipinski definition) is 3. The second-order valence-electron chi connectivity index (χ2n) is 4.88. The maximum Gasteiger partial charge on any atom is 0.262 e. The first-order valence-electron chi connectivity index (χ1n) is 5.60. The lowest BCUT2D eigenvalue weighted by Gasteiger charge is -2.18. The van der Waals surface area contributed by atoms with Crippen molar-refractivity contribution in [3.05, 3.63) is 23.8 Å². The molecule has 2 unspecified atom stereocenters. The molecule has 0 radical (unpaired) electrons. The maximum atomic E-state index is 11.2. The summed E-state index contributed by atoms with van der Waals surface area (Å²) in [5.74, 6) is 0.845. The zero-order valence-electron chi connectivity index (χ0n) is 9.49. The quantitative estimate of drug-likeness (QED) is 0.800. The summed E-state index contributed by atoms with van der Waals surface area (Å²) in [6.07, 6.45) is 0.886. The summed E-state index contributed by atoms with van der Waals surface area (Å²) in [5, 5.41) is 11.8.